The Morgan fingerprint density at radius 1 is 1.00 bits per heavy atom. The molecule has 0 aliphatic carbocycles. The Morgan fingerprint density at radius 2 is 1.71 bits per heavy atom. The molecule has 0 bridgehead atoms. The van der Waals surface area contributed by atoms with Crippen LogP contribution in [0.2, 0.25) is 0 Å². The predicted octanol–water partition coefficient (Wildman–Crippen LogP) is 4.08. The number of fused-ring (bicyclic) bond motifs is 1. The summed E-state index contributed by atoms with van der Waals surface area (Å²) in [6.45, 7) is 0. The lowest BCUT2D eigenvalue weighted by Gasteiger charge is -2.16. The van der Waals surface area contributed by atoms with E-state index in [4.69, 9.17) is 0 Å². The van der Waals surface area contributed by atoms with Crippen LogP contribution in [0.25, 0.3) is 11.0 Å². The number of thioether (sulfide) groups is 1. The summed E-state index contributed by atoms with van der Waals surface area (Å²) in [5, 5.41) is 11.7. The lowest BCUT2D eigenvalue weighted by Crippen LogP contribution is -2.18. The quantitative estimate of drug-likeness (QED) is 0.502. The average Bonchev–Trinajstić information content (AvgIpc) is 3.14. The van der Waals surface area contributed by atoms with Crippen molar-refractivity contribution in [1.29, 1.82) is 0 Å². The highest BCUT2D eigenvalue weighted by Gasteiger charge is 2.27. The second-order valence-electron chi connectivity index (χ2n) is 6.24. The maximum absolute atomic E-state index is 13.4. The zero-order chi connectivity index (χ0) is 19.7. The summed E-state index contributed by atoms with van der Waals surface area (Å²) in [5.74, 6) is 0. The largest absolute Gasteiger partial charge is 0.382 e. The minimum Gasteiger partial charge on any atom is -0.382 e. The third-order valence-electron chi connectivity index (χ3n) is 4.54. The first-order chi connectivity index (χ1) is 13.5. The molecule has 1 atom stereocenters. The van der Waals surface area contributed by atoms with Crippen LogP contribution >= 0.6 is 11.8 Å². The van der Waals surface area contributed by atoms with E-state index in [0.29, 0.717) is 16.6 Å². The number of hydrogen-bond donors (Lipinski definition) is 1. The molecule has 0 fully saturated rings. The molecule has 0 radical (unpaired) electrons. The van der Waals surface area contributed by atoms with Crippen LogP contribution in [0.5, 0.6) is 0 Å². The molecule has 0 spiro atoms. The van der Waals surface area contributed by atoms with E-state index in [1.165, 1.54) is 12.1 Å². The van der Waals surface area contributed by atoms with Crippen LogP contribution in [-0.4, -0.2) is 28.7 Å². The Labute approximate surface area is 167 Å². The molecule has 0 saturated heterocycles. The van der Waals surface area contributed by atoms with Gasteiger partial charge in [0.15, 0.2) is 5.65 Å². The van der Waals surface area contributed by atoms with E-state index in [2.05, 4.69) is 4.98 Å². The van der Waals surface area contributed by atoms with Gasteiger partial charge >= 0.3 is 0 Å². The molecule has 0 amide bonds. The maximum Gasteiger partial charge on any atom is 0.269 e. The second kappa shape index (κ2) is 7.43. The van der Waals surface area contributed by atoms with Crippen molar-refractivity contribution in [2.75, 3.05) is 6.26 Å². The summed E-state index contributed by atoms with van der Waals surface area (Å²) in [6, 6.07) is 20.8. The number of nitrogens with zero attached hydrogens (tertiary/aromatic N) is 2. The maximum atomic E-state index is 13.4. The summed E-state index contributed by atoms with van der Waals surface area (Å²) in [6.07, 6.45) is 2.41. The number of aromatic nitrogens is 2. The molecule has 28 heavy (non-hydrogen) atoms. The Kier molecular flexibility index (Phi) is 4.97. The van der Waals surface area contributed by atoms with Crippen molar-refractivity contribution >= 4 is 32.8 Å². The van der Waals surface area contributed by atoms with Gasteiger partial charge in [0.2, 0.25) is 0 Å². The Balaban J connectivity index is 1.93. The Hall–Kier alpha value is -2.61. The van der Waals surface area contributed by atoms with Crippen LogP contribution in [0.4, 0.5) is 0 Å². The number of rotatable bonds is 5. The van der Waals surface area contributed by atoms with E-state index in [-0.39, 0.29) is 10.6 Å². The van der Waals surface area contributed by atoms with Crippen molar-refractivity contribution in [2.24, 2.45) is 0 Å². The van der Waals surface area contributed by atoms with E-state index < -0.39 is 16.1 Å². The van der Waals surface area contributed by atoms with Gasteiger partial charge in [-0.2, -0.15) is 0 Å². The van der Waals surface area contributed by atoms with Crippen LogP contribution in [0.1, 0.15) is 17.4 Å². The van der Waals surface area contributed by atoms with E-state index >= 15 is 0 Å². The SMILES string of the molecule is CSc1ccc(C(O)c2cc3cccnc3n2S(=O)(=O)c2ccccc2)cc1. The van der Waals surface area contributed by atoms with Crippen molar-refractivity contribution in [3.8, 4) is 0 Å². The summed E-state index contributed by atoms with van der Waals surface area (Å²) >= 11 is 1.60. The zero-order valence-corrected chi connectivity index (χ0v) is 16.7. The normalized spacial score (nSPS) is 12.9. The smallest absolute Gasteiger partial charge is 0.269 e. The van der Waals surface area contributed by atoms with Gasteiger partial charge < -0.3 is 5.11 Å². The van der Waals surface area contributed by atoms with E-state index in [1.54, 1.807) is 66.5 Å². The molecular weight excluding hydrogens is 392 g/mol. The number of hydrogen-bond acceptors (Lipinski definition) is 5. The second-order valence-corrected chi connectivity index (χ2v) is 8.91. The minimum atomic E-state index is -3.93. The molecule has 0 aliphatic heterocycles. The zero-order valence-electron chi connectivity index (χ0n) is 15.1. The first-order valence-corrected chi connectivity index (χ1v) is 11.3. The number of pyridine rings is 1. The molecule has 0 aliphatic rings. The predicted molar refractivity (Wildman–Crippen MR) is 111 cm³/mol. The highest BCUT2D eigenvalue weighted by Crippen LogP contribution is 2.31. The molecule has 7 heteroatoms. The fourth-order valence-electron chi connectivity index (χ4n) is 3.13. The average molecular weight is 411 g/mol. The van der Waals surface area contributed by atoms with Gasteiger partial charge in [0.25, 0.3) is 10.0 Å². The molecule has 2 aromatic carbocycles. The van der Waals surface area contributed by atoms with Crippen LogP contribution in [-0.2, 0) is 10.0 Å². The van der Waals surface area contributed by atoms with E-state index in [1.807, 2.05) is 18.4 Å². The van der Waals surface area contributed by atoms with Gasteiger partial charge in [-0.1, -0.05) is 30.3 Å². The highest BCUT2D eigenvalue weighted by molar-refractivity contribution is 7.98. The van der Waals surface area contributed by atoms with Crippen molar-refractivity contribution in [3.05, 3.63) is 90.3 Å². The standard InChI is InChI=1S/C21H18N2O3S2/c1-27-17-11-9-15(10-12-17)20(24)19-14-16-6-5-13-22-21(16)23(19)28(25,26)18-7-3-2-4-8-18/h2-14,20,24H,1H3. The fraction of sp³-hybridized carbons (Fsp3) is 0.0952. The number of benzene rings is 2. The van der Waals surface area contributed by atoms with Crippen molar-refractivity contribution < 1.29 is 13.5 Å². The van der Waals surface area contributed by atoms with Gasteiger partial charge in [-0.15, -0.1) is 11.8 Å². The monoisotopic (exact) mass is 410 g/mol. The van der Waals surface area contributed by atoms with Gasteiger partial charge in [0.1, 0.15) is 6.10 Å². The first-order valence-electron chi connectivity index (χ1n) is 8.61. The third-order valence-corrected chi connectivity index (χ3v) is 7.02. The van der Waals surface area contributed by atoms with Gasteiger partial charge in [-0.05, 0) is 54.3 Å². The van der Waals surface area contributed by atoms with Crippen molar-refractivity contribution in [3.63, 3.8) is 0 Å². The number of aliphatic hydroxyl groups is 1. The summed E-state index contributed by atoms with van der Waals surface area (Å²) < 4.78 is 27.9. The van der Waals surface area contributed by atoms with E-state index in [0.717, 1.165) is 8.87 Å². The number of aliphatic hydroxyl groups excluding tert-OH is 1. The van der Waals surface area contributed by atoms with Gasteiger partial charge in [0, 0.05) is 16.5 Å². The highest BCUT2D eigenvalue weighted by atomic mass is 32.2. The molecule has 5 nitrogen and oxygen atoms in total. The topological polar surface area (TPSA) is 72.2 Å². The summed E-state index contributed by atoms with van der Waals surface area (Å²) in [5.41, 5.74) is 1.17. The van der Waals surface area contributed by atoms with Gasteiger partial charge in [0.05, 0.1) is 10.6 Å². The van der Waals surface area contributed by atoms with E-state index in [9.17, 15) is 13.5 Å². The minimum absolute atomic E-state index is 0.143. The summed E-state index contributed by atoms with van der Waals surface area (Å²) in [7, 11) is -3.93. The summed E-state index contributed by atoms with van der Waals surface area (Å²) in [4.78, 5) is 5.47. The Bertz CT molecular complexity index is 1220. The Morgan fingerprint density at radius 3 is 2.39 bits per heavy atom. The molecule has 0 saturated carbocycles. The van der Waals surface area contributed by atoms with Crippen LogP contribution < -0.4 is 0 Å². The molecule has 142 valence electrons. The van der Waals surface area contributed by atoms with Crippen LogP contribution in [0, 0.1) is 0 Å². The molecule has 4 aromatic rings. The first kappa shape index (κ1) is 18.7. The molecule has 4 rings (SSSR count). The lowest BCUT2D eigenvalue weighted by molar-refractivity contribution is 0.214. The van der Waals surface area contributed by atoms with Crippen molar-refractivity contribution in [2.45, 2.75) is 15.9 Å². The molecular formula is C21H18N2O3S2. The van der Waals surface area contributed by atoms with Gasteiger partial charge in [-0.3, -0.25) is 0 Å². The van der Waals surface area contributed by atoms with Crippen LogP contribution in [0.15, 0.2) is 88.8 Å². The lowest BCUT2D eigenvalue weighted by atomic mass is 10.1. The van der Waals surface area contributed by atoms with Gasteiger partial charge in [-0.25, -0.2) is 17.4 Å². The third kappa shape index (κ3) is 3.22. The molecule has 2 aromatic heterocycles. The van der Waals surface area contributed by atoms with Crippen molar-refractivity contribution in [1.82, 2.24) is 8.96 Å². The fourth-order valence-corrected chi connectivity index (χ4v) is 5.06. The molecule has 1 N–H and O–H groups in total. The van der Waals surface area contributed by atoms with Crippen LogP contribution in [0.3, 0.4) is 0 Å². The molecule has 1 unspecified atom stereocenters. The molecule has 2 heterocycles.